The summed E-state index contributed by atoms with van der Waals surface area (Å²) < 4.78 is 75.0. The average molecular weight is 272 g/mol. The Hall–Kier alpha value is -1.31. The van der Waals surface area contributed by atoms with Gasteiger partial charge in [0.1, 0.15) is 0 Å². The molecule has 1 aromatic heterocycles. The topological polar surface area (TPSA) is 33.1 Å². The number of rotatable bonds is 2. The molecular weight excluding hydrogens is 264 g/mol. The number of aliphatic hydroxyl groups is 1. The SMILES string of the molecule is [CH2]Cc1ccnc(C(O)(C(F)(F)F)C(F)(F)F)c1. The third-order valence-electron chi connectivity index (χ3n) is 2.30. The Morgan fingerprint density at radius 3 is 2.00 bits per heavy atom. The second kappa shape index (κ2) is 4.42. The summed E-state index contributed by atoms with van der Waals surface area (Å²) in [6.45, 7) is 3.33. The predicted octanol–water partition coefficient (Wildman–Crippen LogP) is 2.77. The third-order valence-corrected chi connectivity index (χ3v) is 2.30. The lowest BCUT2D eigenvalue weighted by molar-refractivity contribution is -0.377. The number of alkyl halides is 6. The summed E-state index contributed by atoms with van der Waals surface area (Å²) in [5.41, 5.74) is -6.39. The highest BCUT2D eigenvalue weighted by Crippen LogP contribution is 2.49. The van der Waals surface area contributed by atoms with Crippen molar-refractivity contribution in [2.45, 2.75) is 24.4 Å². The van der Waals surface area contributed by atoms with Crippen LogP contribution in [0.15, 0.2) is 18.3 Å². The first kappa shape index (κ1) is 14.7. The van der Waals surface area contributed by atoms with Gasteiger partial charge in [0.2, 0.25) is 0 Å². The van der Waals surface area contributed by atoms with Crippen LogP contribution in [0.5, 0.6) is 0 Å². The summed E-state index contributed by atoms with van der Waals surface area (Å²) in [4.78, 5) is 2.97. The third kappa shape index (κ3) is 2.29. The maximum absolute atomic E-state index is 12.5. The molecule has 0 spiro atoms. The maximum atomic E-state index is 12.5. The molecule has 0 aliphatic carbocycles. The minimum atomic E-state index is -5.92. The number of hydrogen-bond donors (Lipinski definition) is 1. The van der Waals surface area contributed by atoms with E-state index in [1.54, 1.807) is 0 Å². The normalized spacial score (nSPS) is 13.8. The standard InChI is InChI=1S/C10H8F6NO/c1-2-6-3-4-17-7(5-6)8(18,9(11,12)13)10(14,15)16/h3-5,18H,1-2H2. The van der Waals surface area contributed by atoms with Gasteiger partial charge in [0, 0.05) is 6.20 Å². The van der Waals surface area contributed by atoms with Crippen LogP contribution in [0.4, 0.5) is 26.3 Å². The highest BCUT2D eigenvalue weighted by Gasteiger charge is 2.72. The molecule has 0 aliphatic rings. The van der Waals surface area contributed by atoms with Crippen molar-refractivity contribution < 1.29 is 31.4 Å². The summed E-state index contributed by atoms with van der Waals surface area (Å²) in [7, 11) is 0. The predicted molar refractivity (Wildman–Crippen MR) is 49.3 cm³/mol. The number of aromatic nitrogens is 1. The van der Waals surface area contributed by atoms with Crippen LogP contribution in [0.3, 0.4) is 0 Å². The Kier molecular flexibility index (Phi) is 3.62. The number of halogens is 6. The van der Waals surface area contributed by atoms with E-state index in [2.05, 4.69) is 11.9 Å². The quantitative estimate of drug-likeness (QED) is 0.840. The van der Waals surface area contributed by atoms with Gasteiger partial charge in [0.25, 0.3) is 5.60 Å². The van der Waals surface area contributed by atoms with Crippen LogP contribution < -0.4 is 0 Å². The first-order valence-electron chi connectivity index (χ1n) is 4.64. The largest absolute Gasteiger partial charge is 0.432 e. The van der Waals surface area contributed by atoms with E-state index in [0.717, 1.165) is 6.20 Å². The minimum absolute atomic E-state index is 0.0265. The smallest absolute Gasteiger partial charge is 0.368 e. The van der Waals surface area contributed by atoms with Gasteiger partial charge in [0.05, 0.1) is 5.69 Å². The second-order valence-corrected chi connectivity index (χ2v) is 3.51. The molecule has 2 nitrogen and oxygen atoms in total. The first-order chi connectivity index (χ1) is 8.04. The van der Waals surface area contributed by atoms with Crippen molar-refractivity contribution in [2.24, 2.45) is 0 Å². The number of nitrogens with zero attached hydrogens (tertiary/aromatic N) is 1. The van der Waals surface area contributed by atoms with Crippen LogP contribution in [0.25, 0.3) is 0 Å². The molecule has 0 unspecified atom stereocenters. The van der Waals surface area contributed by atoms with Crippen LogP contribution in [0.1, 0.15) is 11.3 Å². The van der Waals surface area contributed by atoms with Gasteiger partial charge in [-0.05, 0) is 31.0 Å². The Balaban J connectivity index is 3.45. The zero-order valence-electron chi connectivity index (χ0n) is 8.81. The lowest BCUT2D eigenvalue weighted by Gasteiger charge is -2.31. The van der Waals surface area contributed by atoms with Gasteiger partial charge in [-0.2, -0.15) is 26.3 Å². The summed E-state index contributed by atoms with van der Waals surface area (Å²) in [6.07, 6.45) is -11.1. The zero-order chi connectivity index (χ0) is 14.2. The second-order valence-electron chi connectivity index (χ2n) is 3.51. The lowest BCUT2D eigenvalue weighted by atomic mass is 9.96. The van der Waals surface area contributed by atoms with Gasteiger partial charge in [-0.3, -0.25) is 4.98 Å². The van der Waals surface area contributed by atoms with Crippen molar-refractivity contribution in [2.75, 3.05) is 0 Å². The summed E-state index contributed by atoms with van der Waals surface area (Å²) in [5, 5.41) is 9.04. The van der Waals surface area contributed by atoms with Crippen molar-refractivity contribution in [1.29, 1.82) is 0 Å². The van der Waals surface area contributed by atoms with Gasteiger partial charge in [-0.1, -0.05) is 0 Å². The van der Waals surface area contributed by atoms with Gasteiger partial charge in [-0.25, -0.2) is 0 Å². The first-order valence-corrected chi connectivity index (χ1v) is 4.64. The number of pyridine rings is 1. The van der Waals surface area contributed by atoms with E-state index in [4.69, 9.17) is 5.11 Å². The van der Waals surface area contributed by atoms with Crippen molar-refractivity contribution in [3.8, 4) is 0 Å². The van der Waals surface area contributed by atoms with Crippen LogP contribution >= 0.6 is 0 Å². The molecule has 1 heterocycles. The molecule has 0 fully saturated rings. The zero-order valence-corrected chi connectivity index (χ0v) is 8.81. The molecule has 1 N–H and O–H groups in total. The minimum Gasteiger partial charge on any atom is -0.368 e. The van der Waals surface area contributed by atoms with Crippen LogP contribution in [0, 0.1) is 6.92 Å². The Morgan fingerprint density at radius 2 is 1.61 bits per heavy atom. The van der Waals surface area contributed by atoms with Crippen molar-refractivity contribution in [3.63, 3.8) is 0 Å². The molecule has 0 aromatic carbocycles. The summed E-state index contributed by atoms with van der Waals surface area (Å²) >= 11 is 0. The van der Waals surface area contributed by atoms with E-state index < -0.39 is 23.6 Å². The van der Waals surface area contributed by atoms with Gasteiger partial charge < -0.3 is 5.11 Å². The highest BCUT2D eigenvalue weighted by atomic mass is 19.4. The fourth-order valence-electron chi connectivity index (χ4n) is 1.28. The van der Waals surface area contributed by atoms with E-state index in [0.29, 0.717) is 6.07 Å². The molecule has 0 saturated heterocycles. The molecule has 1 rings (SSSR count). The van der Waals surface area contributed by atoms with E-state index in [-0.39, 0.29) is 12.0 Å². The average Bonchev–Trinajstić information content (AvgIpc) is 2.25. The van der Waals surface area contributed by atoms with Gasteiger partial charge >= 0.3 is 12.4 Å². The van der Waals surface area contributed by atoms with Crippen LogP contribution in [-0.4, -0.2) is 22.4 Å². The molecule has 0 bridgehead atoms. The molecule has 1 aromatic rings. The highest BCUT2D eigenvalue weighted by molar-refractivity contribution is 5.24. The molecule has 0 aliphatic heterocycles. The van der Waals surface area contributed by atoms with Gasteiger partial charge in [-0.15, -0.1) is 0 Å². The Morgan fingerprint density at radius 1 is 1.11 bits per heavy atom. The molecule has 0 saturated carbocycles. The molecule has 1 radical (unpaired) electrons. The molecular formula is C10H8F6NO. The van der Waals surface area contributed by atoms with Crippen molar-refractivity contribution >= 4 is 0 Å². The Labute approximate surface area is 98.3 Å². The Bertz CT molecular complexity index is 411. The van der Waals surface area contributed by atoms with E-state index in [1.807, 2.05) is 0 Å². The number of hydrogen-bond acceptors (Lipinski definition) is 2. The molecule has 8 heteroatoms. The summed E-state index contributed by atoms with van der Waals surface area (Å²) in [5.74, 6) is 0. The van der Waals surface area contributed by atoms with Crippen molar-refractivity contribution in [3.05, 3.63) is 36.5 Å². The molecule has 0 atom stereocenters. The lowest BCUT2D eigenvalue weighted by Crippen LogP contribution is -2.54. The van der Waals surface area contributed by atoms with Crippen LogP contribution in [0.2, 0.25) is 0 Å². The van der Waals surface area contributed by atoms with E-state index >= 15 is 0 Å². The van der Waals surface area contributed by atoms with E-state index in [9.17, 15) is 26.3 Å². The van der Waals surface area contributed by atoms with Crippen molar-refractivity contribution in [1.82, 2.24) is 4.98 Å². The van der Waals surface area contributed by atoms with E-state index in [1.165, 1.54) is 6.07 Å². The molecule has 0 amide bonds. The molecule has 101 valence electrons. The summed E-state index contributed by atoms with van der Waals surface area (Å²) in [6, 6.07) is 1.75. The van der Waals surface area contributed by atoms with Gasteiger partial charge in [0.15, 0.2) is 0 Å². The monoisotopic (exact) mass is 272 g/mol. The van der Waals surface area contributed by atoms with Crippen LogP contribution in [-0.2, 0) is 12.0 Å². The maximum Gasteiger partial charge on any atom is 0.432 e. The molecule has 18 heavy (non-hydrogen) atoms. The fraction of sp³-hybridized carbons (Fsp3) is 0.400. The fourth-order valence-corrected chi connectivity index (χ4v) is 1.28.